The third-order valence-corrected chi connectivity index (χ3v) is 6.49. The van der Waals surface area contributed by atoms with Gasteiger partial charge in [-0.25, -0.2) is 4.98 Å². The number of aromatic nitrogens is 3. The van der Waals surface area contributed by atoms with E-state index in [2.05, 4.69) is 50.3 Å². The first-order valence-electron chi connectivity index (χ1n) is 10.9. The Balaban J connectivity index is 1.25. The third kappa shape index (κ3) is 4.52. The molecule has 0 aliphatic carbocycles. The Morgan fingerprint density at radius 3 is 2.62 bits per heavy atom. The second-order valence-electron chi connectivity index (χ2n) is 8.01. The maximum atomic E-state index is 12.5. The first kappa shape index (κ1) is 22.1. The molecule has 0 spiro atoms. The number of nitrogens with zero attached hydrogens (tertiary/aromatic N) is 3. The fourth-order valence-corrected chi connectivity index (χ4v) is 4.30. The Bertz CT molecular complexity index is 1510. The summed E-state index contributed by atoms with van der Waals surface area (Å²) in [5, 5.41) is 5.92. The zero-order valence-corrected chi connectivity index (χ0v) is 20.2. The molecule has 2 aromatic heterocycles. The molecular formula is C25H21N5O2S2. The average Bonchev–Trinajstić information content (AvgIpc) is 3.49. The van der Waals surface area contributed by atoms with Crippen molar-refractivity contribution < 1.29 is 9.21 Å². The molecule has 1 amide bonds. The van der Waals surface area contributed by atoms with Crippen molar-refractivity contribution in [3.8, 4) is 11.5 Å². The van der Waals surface area contributed by atoms with Crippen molar-refractivity contribution >= 4 is 62.8 Å². The molecule has 1 atom stereocenters. The molecule has 5 aromatic rings. The summed E-state index contributed by atoms with van der Waals surface area (Å²) < 4.78 is 14.2. The van der Waals surface area contributed by atoms with Gasteiger partial charge in [0.25, 0.3) is 5.91 Å². The number of benzene rings is 3. The molecule has 7 nitrogen and oxygen atoms in total. The van der Waals surface area contributed by atoms with Gasteiger partial charge >= 0.3 is 0 Å². The second kappa shape index (κ2) is 9.28. The van der Waals surface area contributed by atoms with Crippen LogP contribution in [-0.2, 0) is 0 Å². The van der Waals surface area contributed by atoms with E-state index in [0.717, 1.165) is 46.0 Å². The number of nitrogens with one attached hydrogen (secondary N) is 2. The number of carbonyl (C=O) groups is 1. The monoisotopic (exact) mass is 487 g/mol. The molecule has 0 fully saturated rings. The molecule has 2 N–H and O–H groups in total. The van der Waals surface area contributed by atoms with Crippen LogP contribution in [-0.4, -0.2) is 24.8 Å². The lowest BCUT2D eigenvalue weighted by molar-refractivity contribution is 0.0978. The number of carbonyl (C=O) groups excluding carboxylic acids is 1. The van der Waals surface area contributed by atoms with Gasteiger partial charge in [-0.15, -0.1) is 0 Å². The fourth-order valence-electron chi connectivity index (χ4n) is 3.57. The van der Waals surface area contributed by atoms with E-state index in [-0.39, 0.29) is 11.0 Å². The smallest absolute Gasteiger partial charge is 0.257 e. The first-order chi connectivity index (χ1) is 16.5. The summed E-state index contributed by atoms with van der Waals surface area (Å²) in [5.41, 5.74) is 6.38. The van der Waals surface area contributed by atoms with E-state index in [1.54, 1.807) is 18.2 Å². The molecule has 5 rings (SSSR count). The van der Waals surface area contributed by atoms with Gasteiger partial charge in [-0.1, -0.05) is 19.9 Å². The number of oxazole rings is 1. The van der Waals surface area contributed by atoms with Gasteiger partial charge in [0.1, 0.15) is 16.6 Å². The highest BCUT2D eigenvalue weighted by molar-refractivity contribution is 7.80. The van der Waals surface area contributed by atoms with E-state index in [1.165, 1.54) is 5.56 Å². The number of amides is 1. The van der Waals surface area contributed by atoms with Gasteiger partial charge in [-0.05, 0) is 84.7 Å². The Kier molecular flexibility index (Phi) is 6.04. The van der Waals surface area contributed by atoms with Crippen LogP contribution in [0.1, 0.15) is 42.1 Å². The van der Waals surface area contributed by atoms with E-state index in [1.807, 2.05) is 30.3 Å². The molecule has 3 aromatic carbocycles. The summed E-state index contributed by atoms with van der Waals surface area (Å²) >= 11 is 6.42. The minimum absolute atomic E-state index is 0.202. The summed E-state index contributed by atoms with van der Waals surface area (Å²) in [5.74, 6) is 0.726. The molecule has 0 bridgehead atoms. The minimum atomic E-state index is -0.313. The van der Waals surface area contributed by atoms with Crippen molar-refractivity contribution in [1.82, 2.24) is 19.0 Å². The van der Waals surface area contributed by atoms with Crippen LogP contribution in [0.15, 0.2) is 65.1 Å². The highest BCUT2D eigenvalue weighted by Crippen LogP contribution is 2.28. The van der Waals surface area contributed by atoms with Gasteiger partial charge in [0.05, 0.1) is 11.7 Å². The molecule has 0 aliphatic heterocycles. The van der Waals surface area contributed by atoms with E-state index >= 15 is 0 Å². The van der Waals surface area contributed by atoms with Crippen LogP contribution in [0, 0.1) is 0 Å². The van der Waals surface area contributed by atoms with Gasteiger partial charge in [0.2, 0.25) is 5.89 Å². The van der Waals surface area contributed by atoms with Crippen molar-refractivity contribution in [2.75, 3.05) is 5.32 Å². The summed E-state index contributed by atoms with van der Waals surface area (Å²) in [7, 11) is 0. The predicted octanol–water partition coefficient (Wildman–Crippen LogP) is 6.14. The number of hydrogen-bond acceptors (Lipinski definition) is 7. The maximum absolute atomic E-state index is 12.5. The first-order valence-corrected chi connectivity index (χ1v) is 12.0. The SMILES string of the molecule is CC[C@H](C)c1ccc2oc(-c3ccc(NC(=S)NC(=O)c4ccc5nsnc5c4)cc3)nc2c1. The van der Waals surface area contributed by atoms with Crippen molar-refractivity contribution in [2.24, 2.45) is 0 Å². The lowest BCUT2D eigenvalue weighted by atomic mass is 9.98. The molecule has 9 heteroatoms. The van der Waals surface area contributed by atoms with Crippen LogP contribution in [0.4, 0.5) is 5.69 Å². The summed E-state index contributed by atoms with van der Waals surface area (Å²) in [6, 6.07) is 18.8. The van der Waals surface area contributed by atoms with Gasteiger partial charge in [0, 0.05) is 16.8 Å². The number of anilines is 1. The predicted molar refractivity (Wildman–Crippen MR) is 139 cm³/mol. The van der Waals surface area contributed by atoms with E-state index in [0.29, 0.717) is 22.9 Å². The van der Waals surface area contributed by atoms with Crippen LogP contribution >= 0.6 is 23.9 Å². The molecule has 0 saturated carbocycles. The summed E-state index contributed by atoms with van der Waals surface area (Å²) in [6.45, 7) is 4.38. The number of fused-ring (bicyclic) bond motifs is 2. The van der Waals surface area contributed by atoms with Crippen molar-refractivity contribution in [1.29, 1.82) is 0 Å². The molecule has 170 valence electrons. The average molecular weight is 488 g/mol. The Labute approximate surface area is 205 Å². The third-order valence-electron chi connectivity index (χ3n) is 5.73. The zero-order chi connectivity index (χ0) is 23.7. The molecular weight excluding hydrogens is 466 g/mol. The molecule has 2 heterocycles. The standard InChI is InChI=1S/C25H21N5O2S2/c1-3-14(2)16-7-11-22-21(12-16)27-24(32-22)15-4-8-18(9-5-15)26-25(33)28-23(31)17-6-10-19-20(13-17)30-34-29-19/h4-14H,3H2,1-2H3,(H2,26,28,31,33)/t14-/m0/s1. The molecule has 0 unspecified atom stereocenters. The lowest BCUT2D eigenvalue weighted by Gasteiger charge is -2.10. The maximum Gasteiger partial charge on any atom is 0.257 e. The van der Waals surface area contributed by atoms with Crippen molar-refractivity contribution in [2.45, 2.75) is 26.2 Å². The largest absolute Gasteiger partial charge is 0.436 e. The van der Waals surface area contributed by atoms with Gasteiger partial charge in [-0.2, -0.15) is 8.75 Å². The number of thiocarbonyl (C=S) groups is 1. The van der Waals surface area contributed by atoms with Crippen molar-refractivity contribution in [3.05, 3.63) is 71.8 Å². The van der Waals surface area contributed by atoms with Gasteiger partial charge in [0.15, 0.2) is 10.7 Å². The van der Waals surface area contributed by atoms with E-state index < -0.39 is 0 Å². The van der Waals surface area contributed by atoms with Crippen LogP contribution < -0.4 is 10.6 Å². The van der Waals surface area contributed by atoms with Crippen molar-refractivity contribution in [3.63, 3.8) is 0 Å². The number of hydrogen-bond donors (Lipinski definition) is 2. The second-order valence-corrected chi connectivity index (χ2v) is 8.95. The van der Waals surface area contributed by atoms with Crippen LogP contribution in [0.5, 0.6) is 0 Å². The Morgan fingerprint density at radius 1 is 1.03 bits per heavy atom. The zero-order valence-electron chi connectivity index (χ0n) is 18.5. The summed E-state index contributed by atoms with van der Waals surface area (Å²) in [4.78, 5) is 17.2. The van der Waals surface area contributed by atoms with Crippen LogP contribution in [0.25, 0.3) is 33.6 Å². The Hall–Kier alpha value is -3.69. The van der Waals surface area contributed by atoms with E-state index in [4.69, 9.17) is 16.6 Å². The van der Waals surface area contributed by atoms with Crippen LogP contribution in [0.2, 0.25) is 0 Å². The van der Waals surface area contributed by atoms with Gasteiger partial charge in [-0.3, -0.25) is 10.1 Å². The van der Waals surface area contributed by atoms with Gasteiger partial charge < -0.3 is 9.73 Å². The normalized spacial score (nSPS) is 12.1. The highest BCUT2D eigenvalue weighted by atomic mass is 32.1. The number of rotatable bonds is 5. The highest BCUT2D eigenvalue weighted by Gasteiger charge is 2.13. The van der Waals surface area contributed by atoms with E-state index in [9.17, 15) is 4.79 Å². The molecule has 0 saturated heterocycles. The Morgan fingerprint density at radius 2 is 1.82 bits per heavy atom. The topological polar surface area (TPSA) is 92.9 Å². The quantitative estimate of drug-likeness (QED) is 0.288. The molecule has 0 radical (unpaired) electrons. The molecule has 34 heavy (non-hydrogen) atoms. The summed E-state index contributed by atoms with van der Waals surface area (Å²) in [6.07, 6.45) is 1.07. The van der Waals surface area contributed by atoms with Crippen LogP contribution in [0.3, 0.4) is 0 Å². The lowest BCUT2D eigenvalue weighted by Crippen LogP contribution is -2.34. The minimum Gasteiger partial charge on any atom is -0.436 e. The fraction of sp³-hybridized carbons (Fsp3) is 0.160. The molecule has 0 aliphatic rings.